The normalized spacial score (nSPS) is 16.8. The van der Waals surface area contributed by atoms with Gasteiger partial charge < -0.3 is 5.43 Å². The van der Waals surface area contributed by atoms with Crippen molar-refractivity contribution in [2.75, 3.05) is 11.2 Å². The lowest BCUT2D eigenvalue weighted by Crippen LogP contribution is -2.16. The molecule has 19 heavy (non-hydrogen) atoms. The van der Waals surface area contributed by atoms with Gasteiger partial charge in [0.25, 0.3) is 0 Å². The lowest BCUT2D eigenvalue weighted by atomic mass is 10.1. The number of nitrogen functional groups attached to an aromatic ring is 1. The first-order chi connectivity index (χ1) is 8.99. The number of anilines is 1. The number of halogens is 3. The van der Waals surface area contributed by atoms with Gasteiger partial charge in [-0.2, -0.15) is 13.2 Å². The van der Waals surface area contributed by atoms with Crippen LogP contribution in [0.1, 0.15) is 31.5 Å². The number of nitrogens with one attached hydrogen (secondary N) is 1. The summed E-state index contributed by atoms with van der Waals surface area (Å²) in [5.74, 6) is 5.32. The van der Waals surface area contributed by atoms with Crippen molar-refractivity contribution in [2.24, 2.45) is 11.8 Å². The Bertz CT molecular complexity index is 432. The molecular formula is C11H15F3N4S. The highest BCUT2D eigenvalue weighted by atomic mass is 32.2. The molecule has 0 atom stereocenters. The molecule has 106 valence electrons. The van der Waals surface area contributed by atoms with Gasteiger partial charge in [0.15, 0.2) is 0 Å². The molecule has 0 aromatic carbocycles. The highest BCUT2D eigenvalue weighted by molar-refractivity contribution is 7.99. The molecule has 0 radical (unpaired) electrons. The van der Waals surface area contributed by atoms with Crippen LogP contribution in [0.15, 0.2) is 11.1 Å². The third-order valence-electron chi connectivity index (χ3n) is 3.05. The van der Waals surface area contributed by atoms with Gasteiger partial charge in [-0.05, 0) is 18.8 Å². The van der Waals surface area contributed by atoms with Crippen molar-refractivity contribution >= 4 is 17.6 Å². The molecule has 2 rings (SSSR count). The van der Waals surface area contributed by atoms with Crippen LogP contribution in [0.2, 0.25) is 0 Å². The molecule has 1 aromatic rings. The van der Waals surface area contributed by atoms with Crippen LogP contribution >= 0.6 is 11.8 Å². The average Bonchev–Trinajstić information content (AvgIpc) is 2.88. The smallest absolute Gasteiger partial charge is 0.308 e. The highest BCUT2D eigenvalue weighted by Crippen LogP contribution is 2.33. The van der Waals surface area contributed by atoms with Crippen LogP contribution < -0.4 is 11.3 Å². The van der Waals surface area contributed by atoms with Crippen LogP contribution in [-0.2, 0) is 6.18 Å². The number of aromatic nitrogens is 2. The number of hydrogen-bond acceptors (Lipinski definition) is 5. The molecular weight excluding hydrogens is 277 g/mol. The second-order valence-corrected chi connectivity index (χ2v) is 5.56. The molecule has 8 heteroatoms. The van der Waals surface area contributed by atoms with Crippen molar-refractivity contribution in [3.05, 3.63) is 11.9 Å². The van der Waals surface area contributed by atoms with Crippen molar-refractivity contribution in [3.8, 4) is 0 Å². The number of alkyl halides is 3. The Hall–Kier alpha value is -1.02. The Morgan fingerprint density at radius 1 is 1.32 bits per heavy atom. The molecule has 1 heterocycles. The molecule has 1 saturated carbocycles. The summed E-state index contributed by atoms with van der Waals surface area (Å²) < 4.78 is 37.9. The molecule has 0 aliphatic heterocycles. The molecule has 0 saturated heterocycles. The third kappa shape index (κ3) is 3.97. The molecule has 0 unspecified atom stereocenters. The molecule has 1 aliphatic rings. The maximum absolute atomic E-state index is 12.6. The van der Waals surface area contributed by atoms with Crippen LogP contribution in [-0.4, -0.2) is 15.7 Å². The molecule has 0 bridgehead atoms. The Balaban J connectivity index is 2.10. The summed E-state index contributed by atoms with van der Waals surface area (Å²) >= 11 is 1.33. The van der Waals surface area contributed by atoms with E-state index in [4.69, 9.17) is 5.84 Å². The van der Waals surface area contributed by atoms with E-state index in [2.05, 4.69) is 15.4 Å². The minimum atomic E-state index is -4.56. The van der Waals surface area contributed by atoms with Gasteiger partial charge in [0.1, 0.15) is 10.8 Å². The lowest BCUT2D eigenvalue weighted by molar-refractivity contribution is -0.145. The topological polar surface area (TPSA) is 63.8 Å². The third-order valence-corrected chi connectivity index (χ3v) is 4.19. The maximum atomic E-state index is 12.6. The summed E-state index contributed by atoms with van der Waals surface area (Å²) in [7, 11) is 0. The fourth-order valence-electron chi connectivity index (χ4n) is 2.08. The summed E-state index contributed by atoms with van der Waals surface area (Å²) in [6, 6.07) is 1.44. The van der Waals surface area contributed by atoms with E-state index in [0.717, 1.165) is 18.6 Å². The van der Waals surface area contributed by atoms with Gasteiger partial charge in [-0.25, -0.2) is 15.8 Å². The molecule has 0 spiro atoms. The summed E-state index contributed by atoms with van der Waals surface area (Å²) in [5.41, 5.74) is 2.14. The molecule has 0 amide bonds. The number of thioether (sulfide) groups is 1. The largest absolute Gasteiger partial charge is 0.451 e. The molecule has 3 N–H and O–H groups in total. The number of hydrogen-bond donors (Lipinski definition) is 2. The zero-order valence-corrected chi connectivity index (χ0v) is 11.0. The predicted molar refractivity (Wildman–Crippen MR) is 67.5 cm³/mol. The van der Waals surface area contributed by atoms with Gasteiger partial charge in [0.2, 0.25) is 5.82 Å². The van der Waals surface area contributed by atoms with E-state index in [9.17, 15) is 13.2 Å². The van der Waals surface area contributed by atoms with Crippen molar-refractivity contribution < 1.29 is 13.2 Å². The monoisotopic (exact) mass is 292 g/mol. The van der Waals surface area contributed by atoms with Gasteiger partial charge in [-0.1, -0.05) is 12.8 Å². The first-order valence-electron chi connectivity index (χ1n) is 6.04. The summed E-state index contributed by atoms with van der Waals surface area (Å²) in [4.78, 5) is 6.86. The minimum absolute atomic E-state index is 0.0174. The van der Waals surface area contributed by atoms with Gasteiger partial charge in [-0.3, -0.25) is 0 Å². The molecule has 1 fully saturated rings. The van der Waals surface area contributed by atoms with Gasteiger partial charge in [0, 0.05) is 11.8 Å². The van der Waals surface area contributed by atoms with Gasteiger partial charge in [0.05, 0.1) is 0 Å². The van der Waals surface area contributed by atoms with E-state index in [0.29, 0.717) is 10.9 Å². The van der Waals surface area contributed by atoms with Crippen molar-refractivity contribution in [1.82, 2.24) is 9.97 Å². The first-order valence-corrected chi connectivity index (χ1v) is 7.03. The number of hydrazine groups is 1. The zero-order chi connectivity index (χ0) is 13.9. The second kappa shape index (κ2) is 5.96. The molecule has 1 aliphatic carbocycles. The van der Waals surface area contributed by atoms with E-state index in [1.165, 1.54) is 30.7 Å². The predicted octanol–water partition coefficient (Wildman–Crippen LogP) is 3.06. The van der Waals surface area contributed by atoms with Crippen LogP contribution in [0.3, 0.4) is 0 Å². The van der Waals surface area contributed by atoms with E-state index < -0.39 is 12.0 Å². The maximum Gasteiger partial charge on any atom is 0.451 e. The highest BCUT2D eigenvalue weighted by Gasteiger charge is 2.35. The van der Waals surface area contributed by atoms with Gasteiger partial charge >= 0.3 is 6.18 Å². The Kier molecular flexibility index (Phi) is 4.51. The van der Waals surface area contributed by atoms with Crippen molar-refractivity contribution in [3.63, 3.8) is 0 Å². The number of nitrogens with zero attached hydrogens (tertiary/aromatic N) is 2. The van der Waals surface area contributed by atoms with Crippen LogP contribution in [0.4, 0.5) is 19.0 Å². The standard InChI is InChI=1S/C11H15F3N4S/c12-11(13,14)10-16-8(18-15)5-9(17-10)19-6-7-3-1-2-4-7/h5,7H,1-4,6,15H2,(H,16,17,18). The van der Waals surface area contributed by atoms with E-state index in [-0.39, 0.29) is 5.82 Å². The summed E-state index contributed by atoms with van der Waals surface area (Å²) in [5, 5.41) is 0.308. The van der Waals surface area contributed by atoms with Crippen LogP contribution in [0.5, 0.6) is 0 Å². The van der Waals surface area contributed by atoms with E-state index >= 15 is 0 Å². The fourth-order valence-corrected chi connectivity index (χ4v) is 3.17. The van der Waals surface area contributed by atoms with Crippen molar-refractivity contribution in [2.45, 2.75) is 36.9 Å². The van der Waals surface area contributed by atoms with E-state index in [1.807, 2.05) is 0 Å². The minimum Gasteiger partial charge on any atom is -0.308 e. The average molecular weight is 292 g/mol. The SMILES string of the molecule is NNc1cc(SCC2CCCC2)nc(C(F)(F)F)n1. The molecule has 4 nitrogen and oxygen atoms in total. The Morgan fingerprint density at radius 3 is 2.58 bits per heavy atom. The zero-order valence-electron chi connectivity index (χ0n) is 10.2. The first kappa shape index (κ1) is 14.4. The second-order valence-electron chi connectivity index (χ2n) is 4.52. The van der Waals surface area contributed by atoms with E-state index in [1.54, 1.807) is 0 Å². The molecule has 1 aromatic heterocycles. The Labute approximate surface area is 113 Å². The summed E-state index contributed by atoms with van der Waals surface area (Å²) in [6.45, 7) is 0. The lowest BCUT2D eigenvalue weighted by Gasteiger charge is -2.11. The van der Waals surface area contributed by atoms with Crippen molar-refractivity contribution in [1.29, 1.82) is 0 Å². The number of rotatable bonds is 4. The van der Waals surface area contributed by atoms with Crippen LogP contribution in [0, 0.1) is 5.92 Å². The Morgan fingerprint density at radius 2 is 2.00 bits per heavy atom. The fraction of sp³-hybridized carbons (Fsp3) is 0.636. The van der Waals surface area contributed by atoms with Gasteiger partial charge in [-0.15, -0.1) is 11.8 Å². The van der Waals surface area contributed by atoms with Crippen LogP contribution in [0.25, 0.3) is 0 Å². The number of nitrogens with two attached hydrogens (primary N) is 1. The summed E-state index contributed by atoms with van der Waals surface area (Å²) in [6.07, 6.45) is 0.144. The quantitative estimate of drug-likeness (QED) is 0.386.